The molecule has 8 rings (SSSR count). The van der Waals surface area contributed by atoms with Gasteiger partial charge in [0.1, 0.15) is 23.0 Å². The predicted octanol–water partition coefficient (Wildman–Crippen LogP) is 32.0. The lowest BCUT2D eigenvalue weighted by Crippen LogP contribution is -2.15. The second-order valence-corrected chi connectivity index (χ2v) is 36.0. The third-order valence-electron chi connectivity index (χ3n) is 23.4. The van der Waals surface area contributed by atoms with Gasteiger partial charge in [-0.05, 0) is 307 Å². The minimum Gasteiger partial charge on any atom is -0.426 e. The molecule has 4 aromatic carbocycles. The first-order valence-corrected chi connectivity index (χ1v) is 51.8. The van der Waals surface area contributed by atoms with Gasteiger partial charge in [0, 0.05) is 144 Å². The lowest BCUT2D eigenvalue weighted by atomic mass is 10.1. The van der Waals surface area contributed by atoms with Crippen molar-refractivity contribution in [3.05, 3.63) is 217 Å². The SMILES string of the molecule is [2H]C([2H])(/C=C\CCCCC)/C=C\CCCCCCCC(=O)Oc1cccc2[nH]cc(CCN(C)C([2H])([2H])[2H])c12.[2H]C([2H])(/C=C\CCCCC)/C=C\CCCCCCCC(=O)Oc1cccc2[nH]cc(CCN(C)C)c12.[2H]C([2H])([2H])N(C)C([2H])([2H])C([2H])([2H])c1c[nH]c2cccc(OC(=O)CCCCCCC/C=C\C/C=C\CCCCC)c12.[2H]C([2H])([2H])N(C)CCc1c[nH]c2cccc(OC(=O)CCCCCCC/C=C\C/C=C\CCCCC)c12. The van der Waals surface area contributed by atoms with Crippen LogP contribution >= 0.6 is 0 Å². The highest BCUT2D eigenvalue weighted by Gasteiger charge is 2.19. The average Bonchev–Trinajstić information content (AvgIpc) is 1.66. The summed E-state index contributed by atoms with van der Waals surface area (Å²) in [6, 6.07) is 21.8. The molecular weight excluding hydrogens is 1680 g/mol. The van der Waals surface area contributed by atoms with E-state index in [1.165, 1.54) is 118 Å². The number of aromatic amines is 4. The topological polar surface area (TPSA) is 181 Å². The summed E-state index contributed by atoms with van der Waals surface area (Å²) in [7, 11) is 8.30. The molecule has 0 amide bonds. The van der Waals surface area contributed by atoms with Crippen LogP contribution in [0, 0.1) is 0 Å². The monoisotopic (exact) mass is 1880 g/mol. The van der Waals surface area contributed by atoms with E-state index in [9.17, 15) is 19.2 Å². The molecule has 0 aliphatic rings. The maximum atomic E-state index is 12.6. The molecule has 752 valence electrons. The van der Waals surface area contributed by atoms with Gasteiger partial charge in [-0.15, -0.1) is 0 Å². The van der Waals surface area contributed by atoms with Crippen molar-refractivity contribution in [2.75, 3.05) is 82.3 Å². The Bertz CT molecular complexity index is 5460. The summed E-state index contributed by atoms with van der Waals surface area (Å²) < 4.78 is 156. The van der Waals surface area contributed by atoms with E-state index in [4.69, 9.17) is 42.3 Å². The van der Waals surface area contributed by atoms with E-state index >= 15 is 0 Å². The maximum Gasteiger partial charge on any atom is 0.311 e. The summed E-state index contributed by atoms with van der Waals surface area (Å²) in [5, 5.41) is 2.91. The number of rotatable bonds is 72. The molecular formula is C120H184N8O8. The number of carbonyl (C=O) groups is 4. The van der Waals surface area contributed by atoms with Crippen LogP contribution < -0.4 is 18.9 Å². The first-order chi connectivity index (χ1) is 73.0. The Kier molecular flexibility index (Phi) is 52.3. The van der Waals surface area contributed by atoms with Gasteiger partial charge >= 0.3 is 23.9 Å². The lowest BCUT2D eigenvalue weighted by Gasteiger charge is -2.10. The second-order valence-electron chi connectivity index (χ2n) is 36.0. The zero-order valence-corrected chi connectivity index (χ0v) is 84.8. The van der Waals surface area contributed by atoms with Crippen LogP contribution in [0.15, 0.2) is 195 Å². The lowest BCUT2D eigenvalue weighted by molar-refractivity contribution is -0.135. The van der Waals surface area contributed by atoms with Crippen molar-refractivity contribution in [2.24, 2.45) is 0 Å². The second kappa shape index (κ2) is 77.6. The number of H-pyrrole nitrogens is 4. The zero-order chi connectivity index (χ0) is 112. The molecule has 136 heavy (non-hydrogen) atoms. The Morgan fingerprint density at radius 1 is 0.287 bits per heavy atom. The molecule has 0 saturated heterocycles. The molecule has 4 aromatic heterocycles. The van der Waals surface area contributed by atoms with Crippen LogP contribution in [0.2, 0.25) is 0 Å². The minimum atomic E-state index is -2.88. The van der Waals surface area contributed by atoms with Crippen molar-refractivity contribution in [1.82, 2.24) is 39.5 Å². The number of carbonyl (C=O) groups excluding carboxylic acids is 4. The summed E-state index contributed by atoms with van der Waals surface area (Å²) in [6.07, 6.45) is 82.4. The van der Waals surface area contributed by atoms with Crippen LogP contribution in [-0.4, -0.2) is 146 Å². The highest BCUT2D eigenvalue weighted by Crippen LogP contribution is 2.35. The number of fused-ring (bicyclic) bond motifs is 4. The van der Waals surface area contributed by atoms with Crippen LogP contribution in [0.5, 0.6) is 23.0 Å². The fraction of sp³-hybridized carbons (Fsp3) is 0.567. The largest absolute Gasteiger partial charge is 0.426 e. The number of ether oxygens (including phenoxy) is 4. The Balaban J connectivity index is 0.000000358. The number of allylic oxidation sites excluding steroid dienone is 16. The van der Waals surface area contributed by atoms with Crippen LogP contribution in [0.1, 0.15) is 381 Å². The Morgan fingerprint density at radius 2 is 0.522 bits per heavy atom. The Morgan fingerprint density at radius 3 is 0.787 bits per heavy atom. The molecule has 0 spiro atoms. The summed E-state index contributed by atoms with van der Waals surface area (Å²) >= 11 is 0. The van der Waals surface area contributed by atoms with Crippen molar-refractivity contribution in [3.63, 3.8) is 0 Å². The molecule has 8 aromatic rings. The van der Waals surface area contributed by atoms with Crippen molar-refractivity contribution >= 4 is 67.5 Å². The van der Waals surface area contributed by atoms with Gasteiger partial charge in [0.15, 0.2) is 0 Å². The minimum absolute atomic E-state index is 0.113. The van der Waals surface area contributed by atoms with E-state index in [-0.39, 0.29) is 41.0 Å². The quantitative estimate of drug-likeness (QED) is 0.0123. The normalized spacial score (nSPS) is 14.6. The molecule has 0 aliphatic carbocycles. The van der Waals surface area contributed by atoms with Crippen molar-refractivity contribution in [1.29, 1.82) is 0 Å². The molecule has 0 atom stereocenters. The number of esters is 4. The van der Waals surface area contributed by atoms with E-state index in [2.05, 4.69) is 115 Å². The molecule has 16 heteroatoms. The molecule has 0 radical (unpaired) electrons. The maximum absolute atomic E-state index is 12.6. The number of nitrogens with one attached hydrogen (secondary N) is 4. The molecule has 0 saturated carbocycles. The van der Waals surface area contributed by atoms with E-state index in [0.29, 0.717) is 79.3 Å². The van der Waals surface area contributed by atoms with Gasteiger partial charge in [0.05, 0.1) is 0 Å². The van der Waals surface area contributed by atoms with Crippen molar-refractivity contribution in [3.8, 4) is 23.0 Å². The highest BCUT2D eigenvalue weighted by atomic mass is 16.5. The Hall–Kier alpha value is -9.32. The van der Waals surface area contributed by atoms with E-state index < -0.39 is 52.5 Å². The number of hydrogen-bond acceptors (Lipinski definition) is 12. The summed E-state index contributed by atoms with van der Waals surface area (Å²) in [5.41, 5.74) is 6.13. The number of unbranched alkanes of at least 4 members (excludes halogenated alkanes) is 32. The van der Waals surface area contributed by atoms with Crippen LogP contribution in [0.4, 0.5) is 0 Å². The molecule has 0 bridgehead atoms. The summed E-state index contributed by atoms with van der Waals surface area (Å²) in [6.45, 7) is 0.487. The van der Waals surface area contributed by atoms with Gasteiger partial charge in [0.2, 0.25) is 0 Å². The molecule has 0 fully saturated rings. The average molecular weight is 1880 g/mol. The van der Waals surface area contributed by atoms with Gasteiger partial charge in [0.25, 0.3) is 0 Å². The first kappa shape index (κ1) is 91.7. The number of nitrogens with zero attached hydrogens (tertiary/aromatic N) is 4. The van der Waals surface area contributed by atoms with Crippen LogP contribution in [0.3, 0.4) is 0 Å². The van der Waals surface area contributed by atoms with Gasteiger partial charge in [-0.2, -0.15) is 0 Å². The zero-order valence-electron chi connectivity index (χ0n) is 102. The number of hydrogen-bond donors (Lipinski definition) is 4. The van der Waals surface area contributed by atoms with Crippen LogP contribution in [0.25, 0.3) is 43.6 Å². The number of aryl methyl sites for hydroxylation is 1. The number of aromatic nitrogens is 4. The van der Waals surface area contributed by atoms with E-state index in [1.807, 2.05) is 85.4 Å². The fourth-order valence-corrected chi connectivity index (χ4v) is 15.6. The van der Waals surface area contributed by atoms with Crippen molar-refractivity contribution in [2.45, 2.75) is 361 Å². The molecule has 4 N–H and O–H groups in total. The van der Waals surface area contributed by atoms with E-state index in [0.717, 1.165) is 237 Å². The van der Waals surface area contributed by atoms with E-state index in [1.54, 1.807) is 62.7 Å². The predicted molar refractivity (Wildman–Crippen MR) is 582 cm³/mol. The van der Waals surface area contributed by atoms with Gasteiger partial charge in [-0.1, -0.05) is 278 Å². The first-order valence-electron chi connectivity index (χ1n) is 60.3. The molecule has 0 unspecified atom stereocenters. The number of benzene rings is 4. The smallest absolute Gasteiger partial charge is 0.311 e. The third-order valence-corrected chi connectivity index (χ3v) is 23.4. The number of likely N-dealkylation sites (N-methyl/N-ethyl adjacent to an activating group) is 4. The fourth-order valence-electron chi connectivity index (χ4n) is 15.6. The molecule has 0 aliphatic heterocycles. The summed E-state index contributed by atoms with van der Waals surface area (Å²) in [4.78, 5) is 67.9. The van der Waals surface area contributed by atoms with Gasteiger partial charge in [-0.25, -0.2) is 0 Å². The van der Waals surface area contributed by atoms with Crippen LogP contribution in [-0.2, 0) is 44.8 Å². The molecule has 16 nitrogen and oxygen atoms in total. The Labute approximate surface area is 848 Å². The molecule has 4 heterocycles. The standard InChI is InChI=1S/4C30H46N2O2/c4*1-4-5-6-7-8-9-10-11-12-13-14-15-16-17-18-22-29(33)34-28-21-19-20-27-30(28)26(25-31-27)23-24-32(2)3/h4*8-9,11-12,19-21,25,31H,4-7,10,13-18,22-24H2,1-3H3/b4*9-8-,12-11-/i2D3,23D2,24D2;2D3,10D2;10D2;2D3. The third kappa shape index (κ3) is 54.7. The van der Waals surface area contributed by atoms with Crippen molar-refractivity contribution < 1.29 is 61.4 Å². The van der Waals surface area contributed by atoms with Gasteiger partial charge in [-0.3, -0.25) is 19.2 Å². The summed E-state index contributed by atoms with van der Waals surface area (Å²) in [5.74, 6) is 0.712. The van der Waals surface area contributed by atoms with Gasteiger partial charge < -0.3 is 58.5 Å². The highest BCUT2D eigenvalue weighted by molar-refractivity contribution is 5.94.